The molecule has 0 aliphatic carbocycles. The van der Waals surface area contributed by atoms with Crippen molar-refractivity contribution >= 4 is 11.6 Å². The summed E-state index contributed by atoms with van der Waals surface area (Å²) in [6, 6.07) is 11.6. The molecule has 2 aromatic carbocycles. The molecule has 2 aromatic rings. The number of carbonyl (C=O) groups is 1. The first-order valence-corrected chi connectivity index (χ1v) is 8.06. The lowest BCUT2D eigenvalue weighted by Gasteiger charge is -2.10. The summed E-state index contributed by atoms with van der Waals surface area (Å²) >= 11 is 0. The Labute approximate surface area is 148 Å². The standard InChI is InChI=1S/C20H24N2O3/c1-13-6-7-14(2)17(10-13)12-20(23)22-21-15(3)16-8-9-18(24-4)19(11-16)25-5/h6-11H,12H2,1-5H3,(H,22,23)/b21-15-. The van der Waals surface area contributed by atoms with Gasteiger partial charge in [-0.1, -0.05) is 23.8 Å². The molecule has 0 aliphatic heterocycles. The lowest BCUT2D eigenvalue weighted by Crippen LogP contribution is -2.21. The van der Waals surface area contributed by atoms with E-state index in [-0.39, 0.29) is 5.91 Å². The first kappa shape index (κ1) is 18.5. The zero-order valence-corrected chi connectivity index (χ0v) is 15.3. The fraction of sp³-hybridized carbons (Fsp3) is 0.300. The van der Waals surface area contributed by atoms with Crippen LogP contribution in [-0.2, 0) is 11.2 Å². The molecule has 25 heavy (non-hydrogen) atoms. The number of nitrogens with zero attached hydrogens (tertiary/aromatic N) is 1. The number of carbonyl (C=O) groups excluding carboxylic acids is 1. The third-order valence-electron chi connectivity index (χ3n) is 4.01. The minimum atomic E-state index is -0.145. The van der Waals surface area contributed by atoms with Gasteiger partial charge in [0.15, 0.2) is 11.5 Å². The average molecular weight is 340 g/mol. The third-order valence-corrected chi connectivity index (χ3v) is 4.01. The zero-order valence-electron chi connectivity index (χ0n) is 15.3. The molecule has 0 aromatic heterocycles. The first-order chi connectivity index (χ1) is 11.9. The molecule has 0 heterocycles. The van der Waals surface area contributed by atoms with Crippen LogP contribution in [0.3, 0.4) is 0 Å². The van der Waals surface area contributed by atoms with Crippen LogP contribution in [0.2, 0.25) is 0 Å². The molecular weight excluding hydrogens is 316 g/mol. The van der Waals surface area contributed by atoms with E-state index in [0.29, 0.717) is 23.6 Å². The Bertz CT molecular complexity index is 798. The van der Waals surface area contributed by atoms with Crippen molar-refractivity contribution < 1.29 is 14.3 Å². The number of aryl methyl sites for hydroxylation is 2. The van der Waals surface area contributed by atoms with E-state index in [2.05, 4.69) is 10.5 Å². The number of rotatable bonds is 6. The van der Waals surface area contributed by atoms with Crippen molar-refractivity contribution in [2.24, 2.45) is 5.10 Å². The lowest BCUT2D eigenvalue weighted by molar-refractivity contribution is -0.120. The molecule has 0 bridgehead atoms. The number of hydrogen-bond acceptors (Lipinski definition) is 4. The van der Waals surface area contributed by atoms with Crippen LogP contribution in [-0.4, -0.2) is 25.8 Å². The van der Waals surface area contributed by atoms with Crippen LogP contribution >= 0.6 is 0 Å². The van der Waals surface area contributed by atoms with Crippen LogP contribution in [0.5, 0.6) is 11.5 Å². The topological polar surface area (TPSA) is 59.9 Å². The minimum Gasteiger partial charge on any atom is -0.493 e. The van der Waals surface area contributed by atoms with Gasteiger partial charge < -0.3 is 9.47 Å². The number of benzene rings is 2. The van der Waals surface area contributed by atoms with Gasteiger partial charge >= 0.3 is 0 Å². The van der Waals surface area contributed by atoms with Crippen molar-refractivity contribution in [2.45, 2.75) is 27.2 Å². The average Bonchev–Trinajstić information content (AvgIpc) is 2.62. The van der Waals surface area contributed by atoms with Crippen LogP contribution in [0, 0.1) is 13.8 Å². The predicted molar refractivity (Wildman–Crippen MR) is 99.5 cm³/mol. The minimum absolute atomic E-state index is 0.145. The summed E-state index contributed by atoms with van der Waals surface area (Å²) in [5, 5.41) is 4.19. The fourth-order valence-corrected chi connectivity index (χ4v) is 2.48. The molecule has 0 unspecified atom stereocenters. The zero-order chi connectivity index (χ0) is 18.4. The summed E-state index contributed by atoms with van der Waals surface area (Å²) in [6.07, 6.45) is 0.302. The van der Waals surface area contributed by atoms with E-state index in [0.717, 1.165) is 22.3 Å². The van der Waals surface area contributed by atoms with Gasteiger partial charge in [-0.05, 0) is 50.1 Å². The summed E-state index contributed by atoms with van der Waals surface area (Å²) in [6.45, 7) is 5.85. The first-order valence-electron chi connectivity index (χ1n) is 8.06. The van der Waals surface area contributed by atoms with Gasteiger partial charge in [-0.3, -0.25) is 4.79 Å². The molecular formula is C20H24N2O3. The van der Waals surface area contributed by atoms with Crippen molar-refractivity contribution in [1.29, 1.82) is 0 Å². The number of nitrogens with one attached hydrogen (secondary N) is 1. The van der Waals surface area contributed by atoms with E-state index >= 15 is 0 Å². The molecule has 0 aliphatic rings. The second-order valence-corrected chi connectivity index (χ2v) is 5.91. The molecule has 1 N–H and O–H groups in total. The Balaban J connectivity index is 2.07. The van der Waals surface area contributed by atoms with Gasteiger partial charge in [-0.2, -0.15) is 5.10 Å². The Hall–Kier alpha value is -2.82. The van der Waals surface area contributed by atoms with Crippen molar-refractivity contribution in [1.82, 2.24) is 5.43 Å². The number of amides is 1. The highest BCUT2D eigenvalue weighted by Crippen LogP contribution is 2.27. The smallest absolute Gasteiger partial charge is 0.244 e. The summed E-state index contributed by atoms with van der Waals surface area (Å²) in [7, 11) is 3.17. The summed E-state index contributed by atoms with van der Waals surface area (Å²) in [5.41, 5.74) is 7.41. The van der Waals surface area contributed by atoms with Gasteiger partial charge in [-0.15, -0.1) is 0 Å². The third kappa shape index (κ3) is 4.83. The largest absolute Gasteiger partial charge is 0.493 e. The van der Waals surface area contributed by atoms with Gasteiger partial charge in [0.2, 0.25) is 5.91 Å². The molecule has 0 fully saturated rings. The molecule has 0 spiro atoms. The molecule has 5 nitrogen and oxygen atoms in total. The summed E-state index contributed by atoms with van der Waals surface area (Å²) in [4.78, 5) is 12.2. The van der Waals surface area contributed by atoms with E-state index in [4.69, 9.17) is 9.47 Å². The van der Waals surface area contributed by atoms with Crippen LogP contribution in [0.15, 0.2) is 41.5 Å². The number of hydrogen-bond donors (Lipinski definition) is 1. The van der Waals surface area contributed by atoms with E-state index < -0.39 is 0 Å². The fourth-order valence-electron chi connectivity index (χ4n) is 2.48. The molecule has 0 saturated carbocycles. The molecule has 5 heteroatoms. The van der Waals surface area contributed by atoms with E-state index in [1.54, 1.807) is 14.2 Å². The Morgan fingerprint density at radius 2 is 1.76 bits per heavy atom. The van der Waals surface area contributed by atoms with Crippen molar-refractivity contribution in [3.63, 3.8) is 0 Å². The maximum absolute atomic E-state index is 12.2. The SMILES string of the molecule is COc1ccc(/C(C)=N\NC(=O)Cc2cc(C)ccc2C)cc1OC. The van der Waals surface area contributed by atoms with E-state index in [9.17, 15) is 4.79 Å². The molecule has 2 rings (SSSR count). The van der Waals surface area contributed by atoms with Crippen LogP contribution in [0.25, 0.3) is 0 Å². The highest BCUT2D eigenvalue weighted by atomic mass is 16.5. The Morgan fingerprint density at radius 1 is 1.04 bits per heavy atom. The van der Waals surface area contributed by atoms with E-state index in [1.165, 1.54) is 0 Å². The highest BCUT2D eigenvalue weighted by molar-refractivity contribution is 5.99. The number of methoxy groups -OCH3 is 2. The molecule has 0 saturated heterocycles. The summed E-state index contributed by atoms with van der Waals surface area (Å²) < 4.78 is 10.5. The second-order valence-electron chi connectivity index (χ2n) is 5.91. The van der Waals surface area contributed by atoms with Gasteiger partial charge in [0.25, 0.3) is 0 Å². The van der Waals surface area contributed by atoms with E-state index in [1.807, 2.05) is 57.2 Å². The van der Waals surface area contributed by atoms with Gasteiger partial charge in [-0.25, -0.2) is 5.43 Å². The van der Waals surface area contributed by atoms with Crippen LogP contribution < -0.4 is 14.9 Å². The maximum atomic E-state index is 12.2. The van der Waals surface area contributed by atoms with Crippen LogP contribution in [0.4, 0.5) is 0 Å². The number of ether oxygens (including phenoxy) is 2. The molecule has 132 valence electrons. The molecule has 1 amide bonds. The van der Waals surface area contributed by atoms with Crippen molar-refractivity contribution in [3.8, 4) is 11.5 Å². The van der Waals surface area contributed by atoms with Crippen molar-refractivity contribution in [3.05, 3.63) is 58.7 Å². The predicted octanol–water partition coefficient (Wildman–Crippen LogP) is 3.40. The maximum Gasteiger partial charge on any atom is 0.244 e. The quantitative estimate of drug-likeness (QED) is 0.647. The highest BCUT2D eigenvalue weighted by Gasteiger charge is 2.08. The Morgan fingerprint density at radius 3 is 2.44 bits per heavy atom. The van der Waals surface area contributed by atoms with Crippen molar-refractivity contribution in [2.75, 3.05) is 14.2 Å². The van der Waals surface area contributed by atoms with Crippen LogP contribution in [0.1, 0.15) is 29.2 Å². The summed E-state index contributed by atoms with van der Waals surface area (Å²) in [5.74, 6) is 1.13. The number of hydrazone groups is 1. The second kappa shape index (κ2) is 8.33. The monoisotopic (exact) mass is 340 g/mol. The van der Waals surface area contributed by atoms with Gasteiger partial charge in [0, 0.05) is 5.56 Å². The Kier molecular flexibility index (Phi) is 6.17. The normalized spacial score (nSPS) is 11.2. The van der Waals surface area contributed by atoms with Gasteiger partial charge in [0.1, 0.15) is 0 Å². The van der Waals surface area contributed by atoms with Gasteiger partial charge in [0.05, 0.1) is 26.4 Å². The molecule has 0 radical (unpaired) electrons. The lowest BCUT2D eigenvalue weighted by atomic mass is 10.0. The molecule has 0 atom stereocenters.